The van der Waals surface area contributed by atoms with E-state index >= 15 is 0 Å². The summed E-state index contributed by atoms with van der Waals surface area (Å²) in [5, 5.41) is 0. The number of hydrogen-bond donors (Lipinski definition) is 0. The van der Waals surface area contributed by atoms with E-state index in [1.807, 2.05) is 0 Å². The van der Waals surface area contributed by atoms with E-state index in [4.69, 9.17) is 11.0 Å². The van der Waals surface area contributed by atoms with Crippen LogP contribution in [0.25, 0.3) is 0 Å². The molecule has 0 fully saturated rings. The molecule has 3 heteroatoms. The van der Waals surface area contributed by atoms with E-state index < -0.39 is 26.7 Å². The van der Waals surface area contributed by atoms with Gasteiger partial charge in [-0.3, -0.25) is 0 Å². The van der Waals surface area contributed by atoms with Gasteiger partial charge in [-0.1, -0.05) is 0 Å². The van der Waals surface area contributed by atoms with Crippen LogP contribution in [-0.2, 0) is 4.43 Å². The van der Waals surface area contributed by atoms with Crippen LogP contribution in [0.5, 0.6) is 0 Å². The van der Waals surface area contributed by atoms with Gasteiger partial charge in [0.25, 0.3) is 0 Å². The molecule has 0 aliphatic carbocycles. The van der Waals surface area contributed by atoms with Gasteiger partial charge < -0.3 is 0 Å². The number of hydrogen-bond acceptors (Lipinski definition) is 1. The molecule has 0 amide bonds. The zero-order valence-electron chi connectivity index (χ0n) is 20.4. The molecule has 0 radical (unpaired) electrons. The fraction of sp³-hybridized carbons (Fsp3) is 0.917. The van der Waals surface area contributed by atoms with Crippen LogP contribution in [-0.4, -0.2) is 33.3 Å². The first-order valence-corrected chi connectivity index (χ1v) is 21.6. The zero-order chi connectivity index (χ0) is 21.1. The molecule has 0 rings (SSSR count). The van der Waals surface area contributed by atoms with Crippen molar-refractivity contribution in [1.82, 2.24) is 0 Å². The molecular formula is C24H52OSiSn. The number of rotatable bonds is 16. The number of unbranched alkanes of at least 4 members (excludes halogenated alkanes) is 3. The van der Waals surface area contributed by atoms with Gasteiger partial charge in [-0.25, -0.2) is 0 Å². The summed E-state index contributed by atoms with van der Waals surface area (Å²) in [5.74, 6) is 0. The average Bonchev–Trinajstić information content (AvgIpc) is 2.60. The van der Waals surface area contributed by atoms with Gasteiger partial charge in [-0.05, 0) is 0 Å². The third kappa shape index (κ3) is 7.81. The maximum absolute atomic E-state index is 7.01. The van der Waals surface area contributed by atoms with E-state index in [0.717, 1.165) is 6.61 Å². The summed E-state index contributed by atoms with van der Waals surface area (Å²) >= 11 is -2.37. The van der Waals surface area contributed by atoms with Crippen molar-refractivity contribution in [3.63, 3.8) is 0 Å². The molecular weight excluding hydrogens is 451 g/mol. The van der Waals surface area contributed by atoms with Gasteiger partial charge in [0.05, 0.1) is 0 Å². The molecule has 1 nitrogen and oxygen atoms in total. The Bertz CT molecular complexity index is 360. The first-order valence-electron chi connectivity index (χ1n) is 12.0. The minimum absolute atomic E-state index is 0.664. The van der Waals surface area contributed by atoms with Crippen LogP contribution in [0.15, 0.2) is 10.2 Å². The summed E-state index contributed by atoms with van der Waals surface area (Å²) < 4.78 is 13.1. The van der Waals surface area contributed by atoms with Crippen molar-refractivity contribution in [3.8, 4) is 0 Å². The van der Waals surface area contributed by atoms with E-state index in [2.05, 4.69) is 62.3 Å². The zero-order valence-corrected chi connectivity index (χ0v) is 24.3. The van der Waals surface area contributed by atoms with Crippen molar-refractivity contribution in [1.29, 1.82) is 0 Å². The van der Waals surface area contributed by atoms with Crippen molar-refractivity contribution in [3.05, 3.63) is 10.2 Å². The van der Waals surface area contributed by atoms with Gasteiger partial charge in [0.1, 0.15) is 0 Å². The van der Waals surface area contributed by atoms with Crippen LogP contribution in [0.4, 0.5) is 0 Å². The van der Waals surface area contributed by atoms with Gasteiger partial charge in [0, 0.05) is 0 Å². The van der Waals surface area contributed by atoms with Gasteiger partial charge >= 0.3 is 179 Å². The Hall–Kier alpha value is 0.716. The van der Waals surface area contributed by atoms with Crippen LogP contribution in [0.3, 0.4) is 0 Å². The van der Waals surface area contributed by atoms with Crippen molar-refractivity contribution < 1.29 is 4.43 Å². The SMILES string of the molecule is C=[C](CO[Si](C(C)C)(C(C)C)C(C)C)[Sn]([CH2]CCC)([CH2]CCC)[CH2]CCC. The monoisotopic (exact) mass is 504 g/mol. The summed E-state index contributed by atoms with van der Waals surface area (Å²) in [6.07, 6.45) is 8.20. The standard InChI is InChI=1S/C12H25OSi.3C4H9.Sn/c1-8-9-13-14(10(2)3,11(4)5)12(6)7;3*1-3-4-2;/h10-12H,1,9H2,2-7H3;3*1,3-4H2,2H3;. The van der Waals surface area contributed by atoms with Crippen LogP contribution in [0.2, 0.25) is 29.9 Å². The third-order valence-corrected chi connectivity index (χ3v) is 29.0. The molecule has 0 saturated heterocycles. The van der Waals surface area contributed by atoms with Crippen molar-refractivity contribution in [2.45, 2.75) is 131 Å². The first kappa shape index (κ1) is 27.7. The van der Waals surface area contributed by atoms with Gasteiger partial charge in [0.2, 0.25) is 0 Å². The molecule has 0 unspecified atom stereocenters. The first-order chi connectivity index (χ1) is 12.6. The second-order valence-corrected chi connectivity index (χ2v) is 28.9. The van der Waals surface area contributed by atoms with E-state index in [0.29, 0.717) is 16.6 Å². The summed E-state index contributed by atoms with van der Waals surface area (Å²) in [7, 11) is -1.79. The molecule has 0 spiro atoms. The van der Waals surface area contributed by atoms with E-state index in [1.165, 1.54) is 51.8 Å². The molecule has 0 aliphatic heterocycles. The fourth-order valence-corrected chi connectivity index (χ4v) is 26.2. The molecule has 0 aromatic carbocycles. The molecule has 0 bridgehead atoms. The third-order valence-electron chi connectivity index (χ3n) is 6.98. The Balaban J connectivity index is 5.56. The predicted molar refractivity (Wildman–Crippen MR) is 131 cm³/mol. The van der Waals surface area contributed by atoms with Crippen molar-refractivity contribution >= 4 is 26.7 Å². The van der Waals surface area contributed by atoms with Gasteiger partial charge in [-0.2, -0.15) is 0 Å². The van der Waals surface area contributed by atoms with Crippen LogP contribution >= 0.6 is 0 Å². The van der Waals surface area contributed by atoms with Crippen LogP contribution in [0, 0.1) is 0 Å². The second kappa shape index (κ2) is 13.8. The minimum atomic E-state index is -2.37. The molecule has 0 atom stereocenters. The van der Waals surface area contributed by atoms with E-state index in [1.54, 1.807) is 3.59 Å². The molecule has 0 aromatic rings. The second-order valence-electron chi connectivity index (χ2n) is 9.80. The molecule has 0 saturated carbocycles. The van der Waals surface area contributed by atoms with Crippen LogP contribution in [0.1, 0.15) is 101 Å². The van der Waals surface area contributed by atoms with Crippen LogP contribution < -0.4 is 0 Å². The van der Waals surface area contributed by atoms with Crippen molar-refractivity contribution in [2.24, 2.45) is 0 Å². The molecule has 0 aliphatic rings. The normalized spacial score (nSPS) is 13.2. The maximum atomic E-state index is 7.01. The topological polar surface area (TPSA) is 9.23 Å². The summed E-state index contributed by atoms with van der Waals surface area (Å²) in [4.78, 5) is 0. The van der Waals surface area contributed by atoms with Gasteiger partial charge in [-0.15, -0.1) is 0 Å². The average molecular weight is 503 g/mol. The Morgan fingerprint density at radius 1 is 0.741 bits per heavy atom. The predicted octanol–water partition coefficient (Wildman–Crippen LogP) is 9.12. The van der Waals surface area contributed by atoms with E-state index in [9.17, 15) is 0 Å². The summed E-state index contributed by atoms with van der Waals surface area (Å²) in [6, 6.07) is 0. The van der Waals surface area contributed by atoms with Crippen molar-refractivity contribution in [2.75, 3.05) is 6.61 Å². The Kier molecular flexibility index (Phi) is 14.2. The Morgan fingerprint density at radius 2 is 1.07 bits per heavy atom. The Labute approximate surface area is 178 Å². The quantitative estimate of drug-likeness (QED) is 0.191. The molecule has 0 N–H and O–H groups in total. The molecule has 0 heterocycles. The van der Waals surface area contributed by atoms with E-state index in [-0.39, 0.29) is 0 Å². The molecule has 27 heavy (non-hydrogen) atoms. The summed E-state index contributed by atoms with van der Waals surface area (Å²) in [5.41, 5.74) is 1.99. The summed E-state index contributed by atoms with van der Waals surface area (Å²) in [6.45, 7) is 27.1. The van der Waals surface area contributed by atoms with Gasteiger partial charge in [0.15, 0.2) is 0 Å². The fourth-order valence-electron chi connectivity index (χ4n) is 5.32. The molecule has 0 aromatic heterocycles. The Morgan fingerprint density at radius 3 is 1.33 bits per heavy atom. The molecule has 162 valence electrons.